The van der Waals surface area contributed by atoms with Crippen LogP contribution in [0.3, 0.4) is 0 Å². The fourth-order valence-electron chi connectivity index (χ4n) is 13.2. The van der Waals surface area contributed by atoms with Crippen LogP contribution in [0.5, 0.6) is 5.75 Å². The summed E-state index contributed by atoms with van der Waals surface area (Å²) in [5.41, 5.74) is 4.80. The lowest BCUT2D eigenvalue weighted by Gasteiger charge is -2.38. The number of para-hydroxylation sites is 1. The van der Waals surface area contributed by atoms with Gasteiger partial charge in [0.1, 0.15) is 40.9 Å². The Labute approximate surface area is 567 Å². The number of urea groups is 2. The predicted octanol–water partition coefficient (Wildman–Crippen LogP) is 6.50. The van der Waals surface area contributed by atoms with Gasteiger partial charge in [0.05, 0.1) is 29.7 Å². The monoisotopic (exact) mass is 1360 g/mol. The van der Waals surface area contributed by atoms with Gasteiger partial charge in [-0.25, -0.2) is 9.59 Å². The Morgan fingerprint density at radius 1 is 0.663 bits per heavy atom. The maximum absolute atomic E-state index is 14.4. The number of piperidine rings is 2. The second kappa shape index (κ2) is 30.3. The Kier molecular flexibility index (Phi) is 24.0. The lowest BCUT2D eigenvalue weighted by atomic mass is 9.85. The van der Waals surface area contributed by atoms with Crippen LogP contribution in [0, 0.1) is 63.6 Å². The molecule has 8 rings (SSSR count). The van der Waals surface area contributed by atoms with E-state index in [1.807, 2.05) is 99.6 Å². The van der Waals surface area contributed by atoms with Crippen LogP contribution in [0.2, 0.25) is 0 Å². The van der Waals surface area contributed by atoms with Crippen molar-refractivity contribution >= 4 is 93.8 Å². The van der Waals surface area contributed by atoms with Gasteiger partial charge < -0.3 is 57.5 Å². The molecule has 1 unspecified atom stereocenters. The highest BCUT2D eigenvalue weighted by Gasteiger charge is 2.74. The van der Waals surface area contributed by atoms with Crippen LogP contribution in [0.25, 0.3) is 0 Å². The Balaban J connectivity index is 0.000000274. The topological polar surface area (TPSA) is 331 Å². The van der Waals surface area contributed by atoms with Crippen LogP contribution in [0.15, 0.2) is 67.3 Å². The third-order valence-corrected chi connectivity index (χ3v) is 20.3. The van der Waals surface area contributed by atoms with Crippen molar-refractivity contribution in [1.29, 1.82) is 0 Å². The molecule has 25 heteroatoms. The first-order valence-electron chi connectivity index (χ1n) is 33.2. The standard InChI is InChI=1S/C40H53N5O7.C30H45Cl2N5O6/c1-22(2)30(32(46)25-15-11-12-16-28(25)52-21-24-13-9-8-10-14-24)43-38(51)44-34(39(3,4)5)37(50)45-20-26-29(40(26,6)7)31(45)36(49)42-27(19-23-17-18-23)33(47)35(41)48;1-8-10-18(23(39)26(41)33-13-9-2)34-25(40)21-19-17(30(19,31)32)14-37(21)27(42)24(29(5,6)7)36-28(43)35-20(15(3)4)22(38)16-11-12-16/h8-16,22-23,26-27,29-31,34H,17-21H2,1-7H3,(H2,41,48)(H,42,49)(H2,43,44,51);9,15-21,24H,2,8,10-14H2,1,3-7H3,(H,33,41)(H,34,40)(H2,35,36,43)/t26-,27?,29-,30-,31-,34+;17-,18-,19-,20-,21-,24+/m00/s1. The van der Waals surface area contributed by atoms with Gasteiger partial charge in [-0.1, -0.05) is 158 Å². The SMILES string of the molecule is C=CCNC(=O)C(=O)[C@H](CCC)NC(=O)[C@@H]1[C@@H]2[C@H](CN1C(=O)[C@@H](NC(=O)N[C@H](C(=O)C1CC1)C(C)C)C(C)(C)C)C2(Cl)Cl.CC(C)[C@H](NC(=O)N[C@H](C(=O)N1C[C@H]2[C@@H]([C@H]1C(=O)NC(CC1CC1)C(=O)C(N)=O)C2(C)C)C(C)(C)C)C(=O)c1ccccc1OCc1ccccc1. The largest absolute Gasteiger partial charge is 0.488 e. The molecule has 23 nitrogen and oxygen atoms in total. The van der Waals surface area contributed by atoms with Crippen LogP contribution in [0.4, 0.5) is 9.59 Å². The number of carbonyl (C=O) groups excluding carboxylic acids is 12. The molecule has 9 N–H and O–H groups in total. The Bertz CT molecular complexity index is 3260. The molecule has 2 aromatic carbocycles. The first-order valence-corrected chi connectivity index (χ1v) is 34.0. The molecule has 95 heavy (non-hydrogen) atoms. The molecule has 4 saturated carbocycles. The molecular weight excluding hydrogens is 1260 g/mol. The number of nitrogens with two attached hydrogens (primary N) is 1. The van der Waals surface area contributed by atoms with Crippen LogP contribution in [-0.2, 0) is 49.8 Å². The highest BCUT2D eigenvalue weighted by molar-refractivity contribution is 6.51. The summed E-state index contributed by atoms with van der Waals surface area (Å²) in [5.74, 6) is -7.09. The first kappa shape index (κ1) is 75.0. The van der Waals surface area contributed by atoms with Gasteiger partial charge in [-0.2, -0.15) is 0 Å². The van der Waals surface area contributed by atoms with E-state index < -0.39 is 128 Å². The average molecular weight is 1360 g/mol. The lowest BCUT2D eigenvalue weighted by Crippen LogP contribution is -2.62. The molecule has 2 saturated heterocycles. The summed E-state index contributed by atoms with van der Waals surface area (Å²) in [5, 5.41) is 19.0. The predicted molar refractivity (Wildman–Crippen MR) is 358 cm³/mol. The molecular formula is C70H98Cl2N10O13. The number of hydrogen-bond donors (Lipinski definition) is 8. The van der Waals surface area contributed by atoms with Crippen LogP contribution < -0.4 is 47.7 Å². The number of nitrogens with zero attached hydrogens (tertiary/aromatic N) is 2. The van der Waals surface area contributed by atoms with Crippen molar-refractivity contribution < 1.29 is 62.3 Å². The first-order chi connectivity index (χ1) is 44.4. The number of carbonyl (C=O) groups is 12. The Morgan fingerprint density at radius 3 is 1.66 bits per heavy atom. The lowest BCUT2D eigenvalue weighted by molar-refractivity contribution is -0.145. The van der Waals surface area contributed by atoms with Crippen molar-refractivity contribution in [3.63, 3.8) is 0 Å². The zero-order valence-electron chi connectivity index (χ0n) is 57.0. The molecule has 6 fully saturated rings. The number of nitrogens with one attached hydrogen (secondary N) is 7. The van der Waals surface area contributed by atoms with Gasteiger partial charge in [-0.3, -0.25) is 47.9 Å². The molecule has 12 atom stereocenters. The van der Waals surface area contributed by atoms with Crippen LogP contribution in [-0.4, -0.2) is 153 Å². The molecule has 2 aliphatic heterocycles. The average Bonchev–Trinajstić information content (AvgIpc) is 1.53. The number of rotatable bonds is 29. The summed E-state index contributed by atoms with van der Waals surface area (Å²) < 4.78 is 4.79. The summed E-state index contributed by atoms with van der Waals surface area (Å²) >= 11 is 13.0. The van der Waals surface area contributed by atoms with Gasteiger partial charge in [-0.05, 0) is 89.2 Å². The number of hydrogen-bond acceptors (Lipinski definition) is 13. The highest BCUT2D eigenvalue weighted by Crippen LogP contribution is 2.66. The summed E-state index contributed by atoms with van der Waals surface area (Å²) in [4.78, 5) is 162. The van der Waals surface area contributed by atoms with Crippen molar-refractivity contribution in [2.45, 2.75) is 194 Å². The smallest absolute Gasteiger partial charge is 0.316 e. The number of halogens is 2. The van der Waals surface area contributed by atoms with Gasteiger partial charge in [0.2, 0.25) is 35.2 Å². The summed E-state index contributed by atoms with van der Waals surface area (Å²) in [7, 11) is 0. The number of benzene rings is 2. The second-order valence-corrected chi connectivity index (χ2v) is 31.3. The van der Waals surface area contributed by atoms with Crippen LogP contribution in [0.1, 0.15) is 151 Å². The number of amides is 10. The maximum atomic E-state index is 14.4. The number of Topliss-reactive ketones (excluding diaryl/α,β-unsaturated/α-hetero) is 4. The number of primary amides is 1. The molecule has 10 amide bonds. The van der Waals surface area contributed by atoms with Crippen LogP contribution >= 0.6 is 23.2 Å². The molecule has 2 aromatic rings. The van der Waals surface area contributed by atoms with E-state index in [0.717, 1.165) is 31.2 Å². The number of fused-ring (bicyclic) bond motifs is 2. The molecule has 4 aliphatic carbocycles. The number of alkyl halides is 2. The van der Waals surface area contributed by atoms with Gasteiger partial charge in [-0.15, -0.1) is 29.8 Å². The molecule has 0 radical (unpaired) electrons. The van der Waals surface area contributed by atoms with Crippen molar-refractivity contribution in [1.82, 2.24) is 47.0 Å². The van der Waals surface area contributed by atoms with Crippen molar-refractivity contribution in [2.75, 3.05) is 19.6 Å². The normalized spacial score (nSPS) is 23.0. The third kappa shape index (κ3) is 18.0. The number of ether oxygens (including phenoxy) is 1. The van der Waals surface area contributed by atoms with Gasteiger partial charge >= 0.3 is 12.1 Å². The Morgan fingerprint density at radius 2 is 1.17 bits per heavy atom. The molecule has 0 bridgehead atoms. The van der Waals surface area contributed by atoms with E-state index in [0.29, 0.717) is 30.7 Å². The van der Waals surface area contributed by atoms with Crippen molar-refractivity contribution in [2.24, 2.45) is 69.3 Å². The van der Waals surface area contributed by atoms with Crippen molar-refractivity contribution in [3.8, 4) is 5.75 Å². The highest BCUT2D eigenvalue weighted by atomic mass is 35.5. The zero-order chi connectivity index (χ0) is 70.6. The van der Waals surface area contributed by atoms with E-state index in [9.17, 15) is 57.5 Å². The van der Waals surface area contributed by atoms with Gasteiger partial charge in [0.25, 0.3) is 11.8 Å². The van der Waals surface area contributed by atoms with E-state index in [2.05, 4.69) is 43.8 Å². The van der Waals surface area contributed by atoms with E-state index in [-0.39, 0.29) is 84.5 Å². The van der Waals surface area contributed by atoms with E-state index in [4.69, 9.17) is 33.7 Å². The van der Waals surface area contributed by atoms with E-state index >= 15 is 0 Å². The molecule has 0 aromatic heterocycles. The summed E-state index contributed by atoms with van der Waals surface area (Å²) in [6.07, 6.45) is 5.89. The van der Waals surface area contributed by atoms with Gasteiger partial charge in [0, 0.05) is 37.4 Å². The minimum atomic E-state index is -1.24. The summed E-state index contributed by atoms with van der Waals surface area (Å²) in [6.45, 7) is 28.3. The minimum Gasteiger partial charge on any atom is -0.488 e. The zero-order valence-corrected chi connectivity index (χ0v) is 58.5. The van der Waals surface area contributed by atoms with Crippen molar-refractivity contribution in [3.05, 3.63) is 78.4 Å². The molecule has 6 aliphatic rings. The maximum Gasteiger partial charge on any atom is 0.316 e. The Hall–Kier alpha value is -7.40. The number of likely N-dealkylation sites (tertiary alicyclic amines) is 2. The molecule has 2 heterocycles. The summed E-state index contributed by atoms with van der Waals surface area (Å²) in [6, 6.07) is 7.16. The quantitative estimate of drug-likeness (QED) is 0.0187. The third-order valence-electron chi connectivity index (χ3n) is 19.3. The fourth-order valence-corrected chi connectivity index (χ4v) is 14.0. The molecule has 0 spiro atoms. The van der Waals surface area contributed by atoms with E-state index in [1.54, 1.807) is 45.0 Å². The second-order valence-electron chi connectivity index (χ2n) is 29.9. The molecule has 520 valence electrons. The fraction of sp³-hybridized carbons (Fsp3) is 0.629. The minimum absolute atomic E-state index is 0.0185. The van der Waals surface area contributed by atoms with Gasteiger partial charge in [0.15, 0.2) is 11.6 Å². The number of ketones is 4. The van der Waals surface area contributed by atoms with E-state index in [1.165, 1.54) is 15.9 Å².